The van der Waals surface area contributed by atoms with Crippen LogP contribution in [-0.2, 0) is 6.54 Å². The molecule has 0 atom stereocenters. The topological polar surface area (TPSA) is 49.8 Å². The Morgan fingerprint density at radius 3 is 2.62 bits per heavy atom. The van der Waals surface area contributed by atoms with Crippen LogP contribution in [0, 0.1) is 6.92 Å². The molecule has 0 saturated carbocycles. The Kier molecular flexibility index (Phi) is 4.48. The molecule has 2 rings (SSSR count). The summed E-state index contributed by atoms with van der Waals surface area (Å²) in [6, 6.07) is 13.1. The number of carboxylic acids is 1. The molecule has 0 saturated heterocycles. The standard InChI is InChI=1S/C17H19NO3/c1-12-5-4-6-13(9-12)11-18(2)16-10-14(21-3)7-8-15(16)17(19)20/h4-10H,11H2,1-3H3,(H,19,20). The number of anilines is 1. The highest BCUT2D eigenvalue weighted by molar-refractivity contribution is 5.94. The minimum Gasteiger partial charge on any atom is -0.497 e. The third-order valence-corrected chi connectivity index (χ3v) is 3.35. The zero-order valence-electron chi connectivity index (χ0n) is 12.5. The van der Waals surface area contributed by atoms with Crippen molar-refractivity contribution in [3.05, 3.63) is 59.2 Å². The molecule has 21 heavy (non-hydrogen) atoms. The van der Waals surface area contributed by atoms with Crippen molar-refractivity contribution in [2.75, 3.05) is 19.1 Å². The molecule has 4 nitrogen and oxygen atoms in total. The van der Waals surface area contributed by atoms with Gasteiger partial charge in [0.15, 0.2) is 0 Å². The van der Waals surface area contributed by atoms with Gasteiger partial charge in [0.25, 0.3) is 0 Å². The van der Waals surface area contributed by atoms with Crippen molar-refractivity contribution in [1.29, 1.82) is 0 Å². The van der Waals surface area contributed by atoms with Crippen LogP contribution in [0.4, 0.5) is 5.69 Å². The van der Waals surface area contributed by atoms with E-state index in [1.54, 1.807) is 25.3 Å². The van der Waals surface area contributed by atoms with E-state index in [0.29, 0.717) is 18.0 Å². The van der Waals surface area contributed by atoms with Crippen LogP contribution >= 0.6 is 0 Å². The second-order valence-electron chi connectivity index (χ2n) is 5.03. The van der Waals surface area contributed by atoms with E-state index in [0.717, 1.165) is 5.56 Å². The summed E-state index contributed by atoms with van der Waals surface area (Å²) in [5.41, 5.74) is 3.23. The lowest BCUT2D eigenvalue weighted by Crippen LogP contribution is -2.19. The highest BCUT2D eigenvalue weighted by Gasteiger charge is 2.15. The van der Waals surface area contributed by atoms with E-state index < -0.39 is 5.97 Å². The lowest BCUT2D eigenvalue weighted by molar-refractivity contribution is 0.0697. The summed E-state index contributed by atoms with van der Waals surface area (Å²) in [4.78, 5) is 13.3. The Morgan fingerprint density at radius 2 is 2.00 bits per heavy atom. The van der Waals surface area contributed by atoms with Crippen LogP contribution in [0.15, 0.2) is 42.5 Å². The van der Waals surface area contributed by atoms with Gasteiger partial charge in [0.05, 0.1) is 18.4 Å². The van der Waals surface area contributed by atoms with E-state index in [-0.39, 0.29) is 5.56 Å². The van der Waals surface area contributed by atoms with Crippen LogP contribution in [0.25, 0.3) is 0 Å². The van der Waals surface area contributed by atoms with E-state index in [1.807, 2.05) is 37.1 Å². The van der Waals surface area contributed by atoms with Gasteiger partial charge in [-0.3, -0.25) is 0 Å². The number of benzene rings is 2. The molecule has 2 aromatic rings. The fourth-order valence-electron chi connectivity index (χ4n) is 2.30. The molecule has 0 aromatic heterocycles. The Bertz CT molecular complexity index is 652. The van der Waals surface area contributed by atoms with Gasteiger partial charge in [-0.05, 0) is 24.6 Å². The van der Waals surface area contributed by atoms with Crippen molar-refractivity contribution >= 4 is 11.7 Å². The van der Waals surface area contributed by atoms with Crippen LogP contribution < -0.4 is 9.64 Å². The molecule has 0 fully saturated rings. The molecule has 0 bridgehead atoms. The summed E-state index contributed by atoms with van der Waals surface area (Å²) in [6.45, 7) is 2.67. The highest BCUT2D eigenvalue weighted by Crippen LogP contribution is 2.26. The van der Waals surface area contributed by atoms with Crippen LogP contribution in [-0.4, -0.2) is 25.2 Å². The monoisotopic (exact) mass is 285 g/mol. The molecular formula is C17H19NO3. The number of aromatic carboxylic acids is 1. The van der Waals surface area contributed by atoms with Gasteiger partial charge in [0.1, 0.15) is 5.75 Å². The first-order chi connectivity index (χ1) is 10.0. The average molecular weight is 285 g/mol. The lowest BCUT2D eigenvalue weighted by Gasteiger charge is -2.22. The number of hydrogen-bond acceptors (Lipinski definition) is 3. The first-order valence-electron chi connectivity index (χ1n) is 6.69. The molecule has 0 aliphatic heterocycles. The smallest absolute Gasteiger partial charge is 0.337 e. The second-order valence-corrected chi connectivity index (χ2v) is 5.03. The molecule has 0 aliphatic carbocycles. The van der Waals surface area contributed by atoms with Gasteiger partial charge in [-0.1, -0.05) is 29.8 Å². The lowest BCUT2D eigenvalue weighted by atomic mass is 10.1. The molecule has 0 heterocycles. The third-order valence-electron chi connectivity index (χ3n) is 3.35. The predicted octanol–water partition coefficient (Wildman–Crippen LogP) is 3.34. The predicted molar refractivity (Wildman–Crippen MR) is 83.2 cm³/mol. The molecule has 0 unspecified atom stereocenters. The molecule has 0 amide bonds. The molecule has 110 valence electrons. The zero-order valence-corrected chi connectivity index (χ0v) is 12.5. The number of hydrogen-bond donors (Lipinski definition) is 1. The summed E-state index contributed by atoms with van der Waals surface area (Å²) in [7, 11) is 3.45. The van der Waals surface area contributed by atoms with Crippen molar-refractivity contribution in [1.82, 2.24) is 0 Å². The molecule has 0 spiro atoms. The summed E-state index contributed by atoms with van der Waals surface area (Å²) in [5, 5.41) is 9.32. The number of carbonyl (C=O) groups is 1. The van der Waals surface area contributed by atoms with Gasteiger partial charge in [0.2, 0.25) is 0 Å². The molecule has 2 aromatic carbocycles. The number of rotatable bonds is 5. The van der Waals surface area contributed by atoms with Gasteiger partial charge >= 0.3 is 5.97 Å². The third kappa shape index (κ3) is 3.54. The van der Waals surface area contributed by atoms with E-state index >= 15 is 0 Å². The van der Waals surface area contributed by atoms with E-state index in [2.05, 4.69) is 6.07 Å². The number of methoxy groups -OCH3 is 1. The maximum absolute atomic E-state index is 11.4. The van der Waals surface area contributed by atoms with Crippen molar-refractivity contribution in [2.45, 2.75) is 13.5 Å². The fraction of sp³-hybridized carbons (Fsp3) is 0.235. The van der Waals surface area contributed by atoms with Crippen molar-refractivity contribution in [3.63, 3.8) is 0 Å². The molecule has 1 N–H and O–H groups in total. The van der Waals surface area contributed by atoms with Gasteiger partial charge in [-0.15, -0.1) is 0 Å². The Hall–Kier alpha value is -2.49. The normalized spacial score (nSPS) is 10.2. The number of aryl methyl sites for hydroxylation is 1. The fourth-order valence-corrected chi connectivity index (χ4v) is 2.30. The van der Waals surface area contributed by atoms with Crippen LogP contribution in [0.3, 0.4) is 0 Å². The van der Waals surface area contributed by atoms with Crippen LogP contribution in [0.5, 0.6) is 5.75 Å². The summed E-state index contributed by atoms with van der Waals surface area (Å²) in [5.74, 6) is -0.296. The van der Waals surface area contributed by atoms with Crippen molar-refractivity contribution in [3.8, 4) is 5.75 Å². The minimum atomic E-state index is -0.941. The first-order valence-corrected chi connectivity index (χ1v) is 6.69. The maximum atomic E-state index is 11.4. The van der Waals surface area contributed by atoms with Gasteiger partial charge in [-0.2, -0.15) is 0 Å². The Morgan fingerprint density at radius 1 is 1.24 bits per heavy atom. The van der Waals surface area contributed by atoms with Gasteiger partial charge in [0, 0.05) is 19.7 Å². The van der Waals surface area contributed by atoms with E-state index in [1.165, 1.54) is 5.56 Å². The largest absolute Gasteiger partial charge is 0.497 e. The van der Waals surface area contributed by atoms with Gasteiger partial charge < -0.3 is 14.7 Å². The van der Waals surface area contributed by atoms with Gasteiger partial charge in [-0.25, -0.2) is 4.79 Å². The summed E-state index contributed by atoms with van der Waals surface area (Å²) >= 11 is 0. The van der Waals surface area contributed by atoms with Crippen molar-refractivity contribution in [2.24, 2.45) is 0 Å². The molecule has 0 aliphatic rings. The molecule has 0 radical (unpaired) electrons. The Labute approximate surface area is 124 Å². The van der Waals surface area contributed by atoms with E-state index in [9.17, 15) is 9.90 Å². The van der Waals surface area contributed by atoms with E-state index in [4.69, 9.17) is 4.74 Å². The number of ether oxygens (including phenoxy) is 1. The first kappa shape index (κ1) is 14.9. The minimum absolute atomic E-state index is 0.269. The Balaban J connectivity index is 2.33. The average Bonchev–Trinajstić information content (AvgIpc) is 2.46. The summed E-state index contributed by atoms with van der Waals surface area (Å²) in [6.07, 6.45) is 0. The zero-order chi connectivity index (χ0) is 15.4. The number of carboxylic acid groups (broad SMARTS) is 1. The van der Waals surface area contributed by atoms with Crippen LogP contribution in [0.2, 0.25) is 0 Å². The number of nitrogens with zero attached hydrogens (tertiary/aromatic N) is 1. The van der Waals surface area contributed by atoms with Crippen LogP contribution in [0.1, 0.15) is 21.5 Å². The van der Waals surface area contributed by atoms with Crippen molar-refractivity contribution < 1.29 is 14.6 Å². The quantitative estimate of drug-likeness (QED) is 0.915. The highest BCUT2D eigenvalue weighted by atomic mass is 16.5. The maximum Gasteiger partial charge on any atom is 0.337 e. The summed E-state index contributed by atoms with van der Waals surface area (Å²) < 4.78 is 5.19. The molecule has 4 heteroatoms. The molecular weight excluding hydrogens is 266 g/mol. The SMILES string of the molecule is COc1ccc(C(=O)O)c(N(C)Cc2cccc(C)c2)c1. The second kappa shape index (κ2) is 6.31.